The Hall–Kier alpha value is -3.43. The van der Waals surface area contributed by atoms with Gasteiger partial charge in [0.1, 0.15) is 0 Å². The summed E-state index contributed by atoms with van der Waals surface area (Å²) in [6.45, 7) is 3.22. The monoisotopic (exact) mass is 396 g/mol. The lowest BCUT2D eigenvalue weighted by Gasteiger charge is -2.23. The fourth-order valence-corrected chi connectivity index (χ4v) is 4.43. The van der Waals surface area contributed by atoms with Crippen molar-refractivity contribution in [1.29, 1.82) is 5.26 Å². The molecule has 1 N–H and O–H groups in total. The van der Waals surface area contributed by atoms with Gasteiger partial charge >= 0.3 is 0 Å². The van der Waals surface area contributed by atoms with E-state index in [1.165, 1.54) is 18.2 Å². The molecule has 0 amide bonds. The summed E-state index contributed by atoms with van der Waals surface area (Å²) in [6, 6.07) is 12.2. The van der Waals surface area contributed by atoms with Crippen molar-refractivity contribution >= 4 is 10.9 Å². The van der Waals surface area contributed by atoms with Gasteiger partial charge < -0.3 is 9.88 Å². The molecule has 0 atom stereocenters. The Balaban J connectivity index is 1.65. The quantitative estimate of drug-likeness (QED) is 0.566. The number of hydrogen-bond donors (Lipinski definition) is 1. The molecule has 150 valence electrons. The Morgan fingerprint density at radius 2 is 1.90 bits per heavy atom. The van der Waals surface area contributed by atoms with Gasteiger partial charge in [-0.15, -0.1) is 0 Å². The second-order valence-electron chi connectivity index (χ2n) is 8.03. The van der Waals surface area contributed by atoms with Crippen LogP contribution < -0.4 is 5.32 Å². The van der Waals surface area contributed by atoms with Crippen molar-refractivity contribution in [2.45, 2.75) is 19.4 Å². The second-order valence-corrected chi connectivity index (χ2v) is 8.03. The molecule has 0 bridgehead atoms. The molecular weight excluding hydrogens is 372 g/mol. The Kier molecular flexibility index (Phi) is 4.82. The Morgan fingerprint density at radius 3 is 2.60 bits per heavy atom. The van der Waals surface area contributed by atoms with Crippen molar-refractivity contribution in [1.82, 2.24) is 24.6 Å². The summed E-state index contributed by atoms with van der Waals surface area (Å²) in [4.78, 5) is 4.88. The van der Waals surface area contributed by atoms with Gasteiger partial charge in [-0.25, -0.2) is 0 Å². The molecule has 1 aliphatic heterocycles. The number of hydrogen-bond acceptors (Lipinski definition) is 4. The van der Waals surface area contributed by atoms with Crippen molar-refractivity contribution in [3.05, 3.63) is 60.7 Å². The summed E-state index contributed by atoms with van der Waals surface area (Å²) in [5, 5.41) is 18.2. The number of nitriles is 1. The number of pyridine rings is 1. The lowest BCUT2D eigenvalue weighted by atomic mass is 9.96. The molecule has 0 aliphatic carbocycles. The highest BCUT2D eigenvalue weighted by molar-refractivity contribution is 6.01. The van der Waals surface area contributed by atoms with Gasteiger partial charge in [-0.2, -0.15) is 10.4 Å². The number of fused-ring (bicyclic) bond motifs is 1. The van der Waals surface area contributed by atoms with E-state index in [1.54, 1.807) is 4.68 Å². The first-order valence-electron chi connectivity index (χ1n) is 10.4. The zero-order chi connectivity index (χ0) is 20.5. The number of piperidine rings is 1. The Morgan fingerprint density at radius 1 is 1.10 bits per heavy atom. The zero-order valence-corrected chi connectivity index (χ0v) is 17.0. The minimum Gasteiger partial charge on any atom is -0.346 e. The smallest absolute Gasteiger partial charge is 0.0991 e. The molecule has 4 heterocycles. The minimum absolute atomic E-state index is 0.658. The van der Waals surface area contributed by atoms with Crippen LogP contribution in [0.5, 0.6) is 0 Å². The maximum absolute atomic E-state index is 9.18. The summed E-state index contributed by atoms with van der Waals surface area (Å²) in [6.07, 6.45) is 10.5. The number of rotatable bonds is 4. The summed E-state index contributed by atoms with van der Waals surface area (Å²) >= 11 is 0. The third kappa shape index (κ3) is 3.38. The van der Waals surface area contributed by atoms with Crippen LogP contribution in [-0.2, 0) is 13.6 Å². The molecule has 0 unspecified atom stereocenters. The van der Waals surface area contributed by atoms with Crippen LogP contribution in [0.1, 0.15) is 18.4 Å². The van der Waals surface area contributed by atoms with Gasteiger partial charge in [-0.05, 0) is 55.6 Å². The summed E-state index contributed by atoms with van der Waals surface area (Å²) < 4.78 is 4.14. The van der Waals surface area contributed by atoms with Crippen LogP contribution in [0.3, 0.4) is 0 Å². The van der Waals surface area contributed by atoms with Crippen LogP contribution in [0.25, 0.3) is 33.3 Å². The van der Waals surface area contributed by atoms with E-state index in [0.717, 1.165) is 47.5 Å². The number of aromatic nitrogens is 4. The largest absolute Gasteiger partial charge is 0.346 e. The lowest BCUT2D eigenvalue weighted by Crippen LogP contribution is -2.29. The molecule has 0 spiro atoms. The fourth-order valence-electron chi connectivity index (χ4n) is 4.43. The highest BCUT2D eigenvalue weighted by Crippen LogP contribution is 2.37. The molecule has 1 aliphatic rings. The predicted molar refractivity (Wildman–Crippen MR) is 118 cm³/mol. The van der Waals surface area contributed by atoms with Crippen molar-refractivity contribution in [3.63, 3.8) is 0 Å². The first kappa shape index (κ1) is 18.6. The van der Waals surface area contributed by atoms with Crippen molar-refractivity contribution < 1.29 is 0 Å². The van der Waals surface area contributed by atoms with Crippen LogP contribution in [0.15, 0.2) is 55.1 Å². The van der Waals surface area contributed by atoms with Crippen LogP contribution in [0.2, 0.25) is 0 Å². The van der Waals surface area contributed by atoms with Crippen LogP contribution >= 0.6 is 0 Å². The van der Waals surface area contributed by atoms with Crippen LogP contribution in [0.4, 0.5) is 0 Å². The zero-order valence-electron chi connectivity index (χ0n) is 17.0. The van der Waals surface area contributed by atoms with Crippen molar-refractivity contribution in [2.75, 3.05) is 13.1 Å². The normalized spacial score (nSPS) is 14.8. The number of aryl methyl sites for hydroxylation is 1. The van der Waals surface area contributed by atoms with E-state index < -0.39 is 0 Å². The molecule has 0 radical (unpaired) electrons. The maximum atomic E-state index is 9.18. The third-order valence-electron chi connectivity index (χ3n) is 6.02. The summed E-state index contributed by atoms with van der Waals surface area (Å²) in [5.41, 5.74) is 5.87. The first-order valence-corrected chi connectivity index (χ1v) is 10.4. The molecule has 3 aromatic heterocycles. The first-order chi connectivity index (χ1) is 14.7. The van der Waals surface area contributed by atoms with E-state index in [0.29, 0.717) is 11.5 Å². The highest BCUT2D eigenvalue weighted by atomic mass is 15.2. The van der Waals surface area contributed by atoms with E-state index >= 15 is 0 Å². The van der Waals surface area contributed by atoms with E-state index in [4.69, 9.17) is 4.98 Å². The maximum Gasteiger partial charge on any atom is 0.0991 e. The second kappa shape index (κ2) is 7.77. The van der Waals surface area contributed by atoms with Crippen LogP contribution in [-0.4, -0.2) is 32.4 Å². The highest BCUT2D eigenvalue weighted by Gasteiger charge is 2.19. The van der Waals surface area contributed by atoms with E-state index in [1.807, 2.05) is 49.9 Å². The van der Waals surface area contributed by atoms with E-state index in [9.17, 15) is 5.26 Å². The van der Waals surface area contributed by atoms with Gasteiger partial charge in [0.25, 0.3) is 0 Å². The molecule has 6 nitrogen and oxygen atoms in total. The Bertz CT molecular complexity index is 1220. The van der Waals surface area contributed by atoms with Crippen LogP contribution in [0, 0.1) is 17.2 Å². The molecular formula is C24H24N6. The van der Waals surface area contributed by atoms with Gasteiger partial charge in [0.05, 0.1) is 35.2 Å². The van der Waals surface area contributed by atoms with Gasteiger partial charge in [-0.3, -0.25) is 9.67 Å². The summed E-state index contributed by atoms with van der Waals surface area (Å²) in [7, 11) is 1.92. The molecule has 1 aromatic carbocycles. The van der Waals surface area contributed by atoms with E-state index in [2.05, 4.69) is 33.3 Å². The average Bonchev–Trinajstić information content (AvgIpc) is 3.40. The molecule has 6 heteroatoms. The topological polar surface area (TPSA) is 71.5 Å². The van der Waals surface area contributed by atoms with Crippen molar-refractivity contribution in [2.24, 2.45) is 13.0 Å². The molecule has 5 rings (SSSR count). The molecule has 30 heavy (non-hydrogen) atoms. The Labute approximate surface area is 175 Å². The van der Waals surface area contributed by atoms with Crippen molar-refractivity contribution in [3.8, 4) is 28.5 Å². The SMILES string of the molecule is Cn1cc(-c2ncc3c(ccn3CC3CCNCC3)c2-c2ccc(C#N)cc2)cn1. The fraction of sp³-hybridized carbons (Fsp3) is 0.292. The molecule has 4 aromatic rings. The number of benzene rings is 1. The third-order valence-corrected chi connectivity index (χ3v) is 6.02. The molecule has 1 saturated heterocycles. The molecule has 0 saturated carbocycles. The number of nitrogens with one attached hydrogen (secondary N) is 1. The van der Waals surface area contributed by atoms with Gasteiger partial charge in [0.2, 0.25) is 0 Å². The molecule has 1 fully saturated rings. The van der Waals surface area contributed by atoms with Gasteiger partial charge in [0, 0.05) is 42.5 Å². The number of nitrogens with zero attached hydrogens (tertiary/aromatic N) is 5. The lowest BCUT2D eigenvalue weighted by molar-refractivity contribution is 0.337. The van der Waals surface area contributed by atoms with Gasteiger partial charge in [-0.1, -0.05) is 12.1 Å². The average molecular weight is 396 g/mol. The summed E-state index contributed by atoms with van der Waals surface area (Å²) in [5.74, 6) is 0.693. The van der Waals surface area contributed by atoms with Gasteiger partial charge in [0.15, 0.2) is 0 Å². The van der Waals surface area contributed by atoms with E-state index in [-0.39, 0.29) is 0 Å². The standard InChI is InChI=1S/C24H24N6/c1-29-16-20(13-28-29)24-23(19-4-2-17(12-25)3-5-19)21-8-11-30(22(21)14-27-24)15-18-6-9-26-10-7-18/h2-5,8,11,13-14,16,18,26H,6-7,9-10,15H2,1H3. The minimum atomic E-state index is 0.658. The predicted octanol–water partition coefficient (Wildman–Crippen LogP) is 3.98.